The van der Waals surface area contributed by atoms with Crippen molar-refractivity contribution in [3.8, 4) is 0 Å². The van der Waals surface area contributed by atoms with Crippen molar-refractivity contribution in [1.82, 2.24) is 0 Å². The summed E-state index contributed by atoms with van der Waals surface area (Å²) in [6.07, 6.45) is 6.88. The average molecular weight is 331 g/mol. The van der Waals surface area contributed by atoms with Crippen LogP contribution in [0.15, 0.2) is 22.7 Å². The molecule has 1 aliphatic rings. The third-order valence-electron chi connectivity index (χ3n) is 3.40. The van der Waals surface area contributed by atoms with Crippen molar-refractivity contribution in [1.29, 1.82) is 0 Å². The topological polar surface area (TPSA) is 29.1 Å². The molecule has 18 heavy (non-hydrogen) atoms. The van der Waals surface area contributed by atoms with Gasteiger partial charge in [-0.2, -0.15) is 0 Å². The first-order valence-corrected chi connectivity index (χ1v) is 7.57. The van der Waals surface area contributed by atoms with Gasteiger partial charge in [-0.25, -0.2) is 0 Å². The zero-order valence-corrected chi connectivity index (χ0v) is 12.6. The molecule has 0 bridgehead atoms. The Kier molecular flexibility index (Phi) is 5.07. The van der Waals surface area contributed by atoms with E-state index < -0.39 is 0 Å². The van der Waals surface area contributed by atoms with Crippen LogP contribution in [0.4, 0.5) is 5.69 Å². The molecule has 1 amide bonds. The molecular weight excluding hydrogens is 314 g/mol. The second kappa shape index (κ2) is 6.58. The highest BCUT2D eigenvalue weighted by Gasteiger charge is 2.17. The van der Waals surface area contributed by atoms with E-state index in [4.69, 9.17) is 11.6 Å². The minimum absolute atomic E-state index is 0.108. The molecule has 1 aromatic rings. The quantitative estimate of drug-likeness (QED) is 0.829. The van der Waals surface area contributed by atoms with E-state index in [9.17, 15) is 4.79 Å². The first-order valence-electron chi connectivity index (χ1n) is 6.40. The molecule has 0 unspecified atom stereocenters. The van der Waals surface area contributed by atoms with Crippen molar-refractivity contribution in [2.45, 2.75) is 38.5 Å². The van der Waals surface area contributed by atoms with Crippen molar-refractivity contribution in [2.24, 2.45) is 5.92 Å². The molecule has 98 valence electrons. The molecule has 0 heterocycles. The van der Waals surface area contributed by atoms with Crippen molar-refractivity contribution < 1.29 is 4.79 Å². The highest BCUT2D eigenvalue weighted by atomic mass is 79.9. The van der Waals surface area contributed by atoms with Crippen LogP contribution < -0.4 is 5.32 Å². The summed E-state index contributed by atoms with van der Waals surface area (Å²) in [6.45, 7) is 0. The Morgan fingerprint density at radius 1 is 1.33 bits per heavy atom. The van der Waals surface area contributed by atoms with Crippen LogP contribution >= 0.6 is 27.5 Å². The van der Waals surface area contributed by atoms with Crippen LogP contribution in [0.5, 0.6) is 0 Å². The van der Waals surface area contributed by atoms with E-state index in [0.29, 0.717) is 17.4 Å². The van der Waals surface area contributed by atoms with Gasteiger partial charge in [0.25, 0.3) is 0 Å². The molecule has 0 spiro atoms. The minimum Gasteiger partial charge on any atom is -0.326 e. The number of hydrogen-bond donors (Lipinski definition) is 1. The summed E-state index contributed by atoms with van der Waals surface area (Å²) in [4.78, 5) is 11.9. The fourth-order valence-corrected chi connectivity index (χ4v) is 2.94. The minimum atomic E-state index is 0.108. The van der Waals surface area contributed by atoms with Crippen LogP contribution in [0.3, 0.4) is 0 Å². The first-order chi connectivity index (χ1) is 8.65. The van der Waals surface area contributed by atoms with Gasteiger partial charge in [-0.1, -0.05) is 30.9 Å². The average Bonchev–Trinajstić information content (AvgIpc) is 2.35. The van der Waals surface area contributed by atoms with Gasteiger partial charge >= 0.3 is 0 Å². The number of rotatable bonds is 3. The smallest absolute Gasteiger partial charge is 0.224 e. The Balaban J connectivity index is 1.88. The van der Waals surface area contributed by atoms with Crippen LogP contribution in [0.2, 0.25) is 5.02 Å². The molecule has 0 atom stereocenters. The van der Waals surface area contributed by atoms with Crippen LogP contribution in [-0.2, 0) is 4.79 Å². The number of carbonyl (C=O) groups excluding carboxylic acids is 1. The predicted molar refractivity (Wildman–Crippen MR) is 79.0 cm³/mol. The fraction of sp³-hybridized carbons (Fsp3) is 0.500. The van der Waals surface area contributed by atoms with Gasteiger partial charge in [0.2, 0.25) is 5.91 Å². The van der Waals surface area contributed by atoms with E-state index in [1.807, 2.05) is 12.1 Å². The van der Waals surface area contributed by atoms with Crippen LogP contribution in [0, 0.1) is 5.92 Å². The molecule has 1 fully saturated rings. The molecule has 1 saturated carbocycles. The maximum absolute atomic E-state index is 11.9. The number of hydrogen-bond acceptors (Lipinski definition) is 1. The van der Waals surface area contributed by atoms with E-state index in [-0.39, 0.29) is 5.91 Å². The molecule has 0 radical (unpaired) electrons. The van der Waals surface area contributed by atoms with Gasteiger partial charge in [0.15, 0.2) is 0 Å². The summed E-state index contributed by atoms with van der Waals surface area (Å²) < 4.78 is 0.805. The van der Waals surface area contributed by atoms with E-state index >= 15 is 0 Å². The lowest BCUT2D eigenvalue weighted by molar-refractivity contribution is -0.117. The van der Waals surface area contributed by atoms with Gasteiger partial charge in [0, 0.05) is 16.6 Å². The van der Waals surface area contributed by atoms with Gasteiger partial charge in [-0.3, -0.25) is 4.79 Å². The first kappa shape index (κ1) is 13.9. The van der Waals surface area contributed by atoms with Gasteiger partial charge in [0.05, 0.1) is 5.02 Å². The molecule has 0 aliphatic heterocycles. The third kappa shape index (κ3) is 3.99. The predicted octanol–water partition coefficient (Wildman–Crippen LogP) is 5.01. The molecular formula is C14H17BrClNO. The lowest BCUT2D eigenvalue weighted by atomic mass is 9.87. The van der Waals surface area contributed by atoms with E-state index in [1.54, 1.807) is 6.07 Å². The molecule has 1 aromatic carbocycles. The molecule has 1 aliphatic carbocycles. The summed E-state index contributed by atoms with van der Waals surface area (Å²) in [5.41, 5.74) is 0.798. The van der Waals surface area contributed by atoms with Gasteiger partial charge in [0.1, 0.15) is 0 Å². The number of anilines is 1. The molecule has 0 aromatic heterocycles. The lowest BCUT2D eigenvalue weighted by Gasteiger charge is -2.20. The lowest BCUT2D eigenvalue weighted by Crippen LogP contribution is -2.18. The summed E-state index contributed by atoms with van der Waals surface area (Å²) in [7, 11) is 0. The number of halogens is 2. The molecule has 0 saturated heterocycles. The van der Waals surface area contributed by atoms with Gasteiger partial charge in [-0.05, 0) is 52.9 Å². The third-order valence-corrected chi connectivity index (χ3v) is 4.62. The van der Waals surface area contributed by atoms with Crippen molar-refractivity contribution in [3.05, 3.63) is 27.7 Å². The van der Waals surface area contributed by atoms with Crippen LogP contribution in [0.25, 0.3) is 0 Å². The van der Waals surface area contributed by atoms with E-state index in [1.165, 1.54) is 32.1 Å². The Bertz CT molecular complexity index is 430. The van der Waals surface area contributed by atoms with Crippen LogP contribution in [-0.4, -0.2) is 5.91 Å². The number of benzene rings is 1. The Morgan fingerprint density at radius 3 is 2.72 bits per heavy atom. The second-order valence-electron chi connectivity index (χ2n) is 4.89. The van der Waals surface area contributed by atoms with E-state index in [0.717, 1.165) is 10.2 Å². The summed E-state index contributed by atoms with van der Waals surface area (Å²) in [6, 6.07) is 5.44. The maximum Gasteiger partial charge on any atom is 0.224 e. The normalized spacial score (nSPS) is 16.6. The van der Waals surface area contributed by atoms with Crippen molar-refractivity contribution >= 4 is 39.1 Å². The van der Waals surface area contributed by atoms with Gasteiger partial charge in [-0.15, -0.1) is 0 Å². The Labute approximate surface area is 121 Å². The largest absolute Gasteiger partial charge is 0.326 e. The summed E-state index contributed by atoms with van der Waals surface area (Å²) in [5.74, 6) is 0.672. The standard InChI is InChI=1S/C14H17BrClNO/c15-12-9-11(6-7-13(12)16)17-14(18)8-10-4-2-1-3-5-10/h6-7,9-10H,1-5,8H2,(H,17,18). The molecule has 2 rings (SSSR count). The van der Waals surface area contributed by atoms with Gasteiger partial charge < -0.3 is 5.32 Å². The Morgan fingerprint density at radius 2 is 2.06 bits per heavy atom. The zero-order chi connectivity index (χ0) is 13.0. The summed E-state index contributed by atoms with van der Waals surface area (Å²) >= 11 is 9.26. The molecule has 1 N–H and O–H groups in total. The fourth-order valence-electron chi connectivity index (χ4n) is 2.44. The van der Waals surface area contributed by atoms with Crippen molar-refractivity contribution in [2.75, 3.05) is 5.32 Å². The highest BCUT2D eigenvalue weighted by Crippen LogP contribution is 2.28. The highest BCUT2D eigenvalue weighted by molar-refractivity contribution is 9.10. The number of nitrogens with one attached hydrogen (secondary N) is 1. The second-order valence-corrected chi connectivity index (χ2v) is 6.15. The molecule has 4 heteroatoms. The maximum atomic E-state index is 11.9. The number of carbonyl (C=O) groups is 1. The zero-order valence-electron chi connectivity index (χ0n) is 10.2. The summed E-state index contributed by atoms with van der Waals surface area (Å²) in [5, 5.41) is 3.58. The van der Waals surface area contributed by atoms with Crippen LogP contribution in [0.1, 0.15) is 38.5 Å². The molecule has 2 nitrogen and oxygen atoms in total. The SMILES string of the molecule is O=C(CC1CCCCC1)Nc1ccc(Cl)c(Br)c1. The monoisotopic (exact) mass is 329 g/mol. The van der Waals surface area contributed by atoms with Crippen molar-refractivity contribution in [3.63, 3.8) is 0 Å². The van der Waals surface area contributed by atoms with E-state index in [2.05, 4.69) is 21.2 Å². The Hall–Kier alpha value is -0.540. The number of amides is 1.